The molecule has 8 nitrogen and oxygen atoms in total. The van der Waals surface area contributed by atoms with Crippen LogP contribution in [0.1, 0.15) is 60.0 Å². The Morgan fingerprint density at radius 3 is 2.59 bits per heavy atom. The molecule has 1 aromatic carbocycles. The van der Waals surface area contributed by atoms with Gasteiger partial charge in [-0.2, -0.15) is 0 Å². The standard InChI is InChI=1S/C33H40N4O4/c1-7-9-12-24(8-2)33(40)36-17-15-25(16-18-36)22(4)37-23(5)30(26-13-10-11-14-28(26)37)32(39)34-20-27-29(41-6)19-21(3)35-31(27)38/h7-14,19,22,25H,2,15-18,20H2,1,3-6H3,(H,34,39)(H,35,38)/b9-7-,24-12+/t22-/m1/s1. The number of benzene rings is 1. The predicted molar refractivity (Wildman–Crippen MR) is 163 cm³/mol. The van der Waals surface area contributed by atoms with Crippen LogP contribution in [0.2, 0.25) is 0 Å². The van der Waals surface area contributed by atoms with E-state index in [9.17, 15) is 14.4 Å². The van der Waals surface area contributed by atoms with E-state index in [0.717, 1.165) is 29.4 Å². The molecule has 0 bridgehead atoms. The average molecular weight is 557 g/mol. The van der Waals surface area contributed by atoms with Gasteiger partial charge in [-0.3, -0.25) is 14.4 Å². The van der Waals surface area contributed by atoms with E-state index in [1.54, 1.807) is 25.1 Å². The Labute approximate surface area is 241 Å². The normalized spacial score (nSPS) is 15.3. The number of pyridine rings is 1. The molecule has 4 rings (SSSR count). The summed E-state index contributed by atoms with van der Waals surface area (Å²) in [5, 5.41) is 3.82. The molecule has 2 N–H and O–H groups in total. The Balaban J connectivity index is 1.55. The Morgan fingerprint density at radius 1 is 1.22 bits per heavy atom. The summed E-state index contributed by atoms with van der Waals surface area (Å²) in [5.74, 6) is 0.556. The Hall–Kier alpha value is -4.33. The first kappa shape index (κ1) is 29.6. The van der Waals surface area contributed by atoms with Crippen molar-refractivity contribution in [3.63, 3.8) is 0 Å². The van der Waals surface area contributed by atoms with Crippen LogP contribution in [0.5, 0.6) is 5.75 Å². The zero-order chi connectivity index (χ0) is 29.7. The number of hydrogen-bond donors (Lipinski definition) is 2. The second kappa shape index (κ2) is 12.9. The van der Waals surface area contributed by atoms with E-state index in [0.29, 0.717) is 47.2 Å². The fraction of sp³-hybridized carbons (Fsp3) is 0.364. The van der Waals surface area contributed by atoms with Crippen LogP contribution in [0.3, 0.4) is 0 Å². The lowest BCUT2D eigenvalue weighted by Crippen LogP contribution is -2.40. The van der Waals surface area contributed by atoms with Gasteiger partial charge < -0.3 is 24.5 Å². The molecule has 1 aliphatic heterocycles. The molecule has 3 aromatic rings. The first-order valence-electron chi connectivity index (χ1n) is 14.1. The number of carbonyl (C=O) groups excluding carboxylic acids is 2. The highest BCUT2D eigenvalue weighted by atomic mass is 16.5. The third kappa shape index (κ3) is 6.06. The number of allylic oxidation sites excluding steroid dienone is 3. The van der Waals surface area contributed by atoms with E-state index in [1.165, 1.54) is 7.11 Å². The number of nitrogens with zero attached hydrogens (tertiary/aromatic N) is 2. The number of methoxy groups -OCH3 is 1. The van der Waals surface area contributed by atoms with Crippen molar-refractivity contribution in [1.29, 1.82) is 0 Å². The summed E-state index contributed by atoms with van der Waals surface area (Å²) < 4.78 is 7.65. The fourth-order valence-corrected chi connectivity index (χ4v) is 5.90. The number of aryl methyl sites for hydroxylation is 1. The summed E-state index contributed by atoms with van der Waals surface area (Å²) in [6.45, 7) is 13.1. The molecule has 3 heterocycles. The van der Waals surface area contributed by atoms with Gasteiger partial charge in [-0.25, -0.2) is 0 Å². The zero-order valence-electron chi connectivity index (χ0n) is 24.6. The molecule has 0 unspecified atom stereocenters. The predicted octanol–water partition coefficient (Wildman–Crippen LogP) is 5.37. The summed E-state index contributed by atoms with van der Waals surface area (Å²) >= 11 is 0. The monoisotopic (exact) mass is 556 g/mol. The number of piperidine rings is 1. The molecule has 0 aliphatic carbocycles. The highest BCUT2D eigenvalue weighted by Crippen LogP contribution is 2.36. The van der Waals surface area contributed by atoms with E-state index >= 15 is 0 Å². The third-order valence-electron chi connectivity index (χ3n) is 8.11. The molecule has 216 valence electrons. The van der Waals surface area contributed by atoms with Gasteiger partial charge in [-0.1, -0.05) is 43.0 Å². The molecule has 1 aliphatic rings. The van der Waals surface area contributed by atoms with Crippen LogP contribution in [0.25, 0.3) is 10.9 Å². The molecule has 0 saturated carbocycles. The van der Waals surface area contributed by atoms with Crippen LogP contribution in [0.4, 0.5) is 0 Å². The van der Waals surface area contributed by atoms with Crippen molar-refractivity contribution in [2.45, 2.75) is 53.1 Å². The fourth-order valence-electron chi connectivity index (χ4n) is 5.90. The number of fused-ring (bicyclic) bond motifs is 1. The number of para-hydroxylation sites is 1. The molecular weight excluding hydrogens is 516 g/mol. The van der Waals surface area contributed by atoms with E-state index in [1.807, 2.05) is 55.2 Å². The maximum absolute atomic E-state index is 13.6. The molecule has 2 amide bonds. The maximum atomic E-state index is 13.6. The summed E-state index contributed by atoms with van der Waals surface area (Å²) in [6.07, 6.45) is 8.89. The quantitative estimate of drug-likeness (QED) is 0.274. The number of likely N-dealkylation sites (tertiary alicyclic amines) is 1. The van der Waals surface area contributed by atoms with Crippen molar-refractivity contribution < 1.29 is 14.3 Å². The second-order valence-electron chi connectivity index (χ2n) is 10.6. The van der Waals surface area contributed by atoms with Crippen molar-refractivity contribution in [1.82, 2.24) is 19.8 Å². The Bertz CT molecular complexity index is 1570. The number of aromatic nitrogens is 2. The molecule has 1 saturated heterocycles. The average Bonchev–Trinajstić information content (AvgIpc) is 3.27. The molecule has 0 spiro atoms. The van der Waals surface area contributed by atoms with Gasteiger partial charge in [0.05, 0.1) is 24.8 Å². The smallest absolute Gasteiger partial charge is 0.256 e. The molecule has 0 radical (unpaired) electrons. The number of rotatable bonds is 9. The number of hydrogen-bond acceptors (Lipinski definition) is 4. The van der Waals surface area contributed by atoms with Gasteiger partial charge >= 0.3 is 0 Å². The van der Waals surface area contributed by atoms with E-state index in [2.05, 4.69) is 28.4 Å². The number of H-pyrrole nitrogens is 1. The summed E-state index contributed by atoms with van der Waals surface area (Å²) in [6, 6.07) is 9.80. The molecule has 2 aromatic heterocycles. The van der Waals surface area contributed by atoms with Crippen LogP contribution in [0, 0.1) is 19.8 Å². The van der Waals surface area contributed by atoms with E-state index < -0.39 is 0 Å². The summed E-state index contributed by atoms with van der Waals surface area (Å²) in [5.41, 5.74) is 3.86. The number of nitrogens with one attached hydrogen (secondary N) is 2. The lowest BCUT2D eigenvalue weighted by molar-refractivity contribution is -0.128. The van der Waals surface area contributed by atoms with Crippen LogP contribution >= 0.6 is 0 Å². The Morgan fingerprint density at radius 2 is 1.93 bits per heavy atom. The van der Waals surface area contributed by atoms with Crippen LogP contribution in [0.15, 0.2) is 71.6 Å². The highest BCUT2D eigenvalue weighted by Gasteiger charge is 2.31. The largest absolute Gasteiger partial charge is 0.496 e. The lowest BCUT2D eigenvalue weighted by Gasteiger charge is -2.36. The number of aromatic amines is 1. The zero-order valence-corrected chi connectivity index (χ0v) is 24.6. The number of amides is 2. The maximum Gasteiger partial charge on any atom is 0.256 e. The summed E-state index contributed by atoms with van der Waals surface area (Å²) in [7, 11) is 1.51. The van der Waals surface area contributed by atoms with Crippen LogP contribution in [-0.2, 0) is 11.3 Å². The van der Waals surface area contributed by atoms with Gasteiger partial charge in [0, 0.05) is 47.0 Å². The lowest BCUT2D eigenvalue weighted by atomic mass is 9.89. The van der Waals surface area contributed by atoms with Gasteiger partial charge in [-0.15, -0.1) is 0 Å². The minimum absolute atomic E-state index is 0.00907. The van der Waals surface area contributed by atoms with Crippen molar-refractivity contribution in [2.24, 2.45) is 5.92 Å². The van der Waals surface area contributed by atoms with E-state index in [-0.39, 0.29) is 30.0 Å². The van der Waals surface area contributed by atoms with Crippen molar-refractivity contribution >= 4 is 22.7 Å². The highest BCUT2D eigenvalue weighted by molar-refractivity contribution is 6.08. The topological polar surface area (TPSA) is 96.4 Å². The van der Waals surface area contributed by atoms with Gasteiger partial charge in [0.25, 0.3) is 17.4 Å². The first-order valence-corrected chi connectivity index (χ1v) is 14.1. The number of ether oxygens (including phenoxy) is 1. The third-order valence-corrected chi connectivity index (χ3v) is 8.11. The van der Waals surface area contributed by atoms with Gasteiger partial charge in [0.1, 0.15) is 5.75 Å². The van der Waals surface area contributed by atoms with E-state index in [4.69, 9.17) is 4.74 Å². The molecule has 41 heavy (non-hydrogen) atoms. The van der Waals surface area contributed by atoms with Gasteiger partial charge in [0.15, 0.2) is 0 Å². The van der Waals surface area contributed by atoms with Crippen molar-refractivity contribution in [3.8, 4) is 5.75 Å². The second-order valence-corrected chi connectivity index (χ2v) is 10.6. The SMILES string of the molecule is C=C/C(=C\C=C/C)C(=O)N1CCC([C@@H](C)n2c(C)c(C(=O)NCc3c(OC)cc(C)[nH]c3=O)c3ccccc32)CC1. The molecule has 1 fully saturated rings. The van der Waals surface area contributed by atoms with Gasteiger partial charge in [0.2, 0.25) is 0 Å². The van der Waals surface area contributed by atoms with Gasteiger partial charge in [-0.05, 0) is 64.7 Å². The summed E-state index contributed by atoms with van der Waals surface area (Å²) in [4.78, 5) is 43.8. The van der Waals surface area contributed by atoms with Crippen molar-refractivity contribution in [2.75, 3.05) is 20.2 Å². The Kier molecular flexibility index (Phi) is 9.32. The molecule has 1 atom stereocenters. The van der Waals surface area contributed by atoms with Crippen LogP contribution < -0.4 is 15.6 Å². The molecular formula is C33H40N4O4. The molecule has 8 heteroatoms. The number of carbonyl (C=O) groups is 2. The van der Waals surface area contributed by atoms with Crippen LogP contribution in [-0.4, -0.2) is 46.5 Å². The minimum Gasteiger partial charge on any atom is -0.496 e. The van der Waals surface area contributed by atoms with Crippen molar-refractivity contribution in [3.05, 3.63) is 99.7 Å². The first-order chi connectivity index (χ1) is 19.7. The minimum atomic E-state index is -0.280.